The van der Waals surface area contributed by atoms with E-state index in [2.05, 4.69) is 20.5 Å². The number of anilines is 1. The molecule has 0 aliphatic rings. The Balaban J connectivity index is 2.68. The van der Waals surface area contributed by atoms with Crippen LogP contribution in [0.5, 0.6) is 0 Å². The smallest absolute Gasteiger partial charge is 0.203 e. The number of hydrogen-bond acceptors (Lipinski definition) is 4. The number of aryl methyl sites for hydroxylation is 2. The van der Waals surface area contributed by atoms with E-state index in [1.165, 1.54) is 0 Å². The predicted molar refractivity (Wildman–Crippen MR) is 54.4 cm³/mol. The summed E-state index contributed by atoms with van der Waals surface area (Å²) in [7, 11) is 0. The number of rotatable bonds is 2. The Morgan fingerprint density at radius 2 is 2.14 bits per heavy atom. The molecule has 0 fully saturated rings. The zero-order valence-corrected chi connectivity index (χ0v) is 8.57. The van der Waals surface area contributed by atoms with Gasteiger partial charge >= 0.3 is 0 Å². The van der Waals surface area contributed by atoms with Crippen LogP contribution in [0.15, 0.2) is 6.20 Å². The maximum absolute atomic E-state index is 4.37. The molecule has 5 nitrogen and oxygen atoms in total. The first-order chi connectivity index (χ1) is 6.72. The van der Waals surface area contributed by atoms with Gasteiger partial charge in [0.2, 0.25) is 5.65 Å². The lowest BCUT2D eigenvalue weighted by Crippen LogP contribution is -2.04. The summed E-state index contributed by atoms with van der Waals surface area (Å²) in [5.74, 6) is 1.68. The van der Waals surface area contributed by atoms with Crippen molar-refractivity contribution in [3.8, 4) is 0 Å². The summed E-state index contributed by atoms with van der Waals surface area (Å²) in [6, 6.07) is 0. The summed E-state index contributed by atoms with van der Waals surface area (Å²) >= 11 is 0. The molecule has 2 rings (SSSR count). The van der Waals surface area contributed by atoms with E-state index < -0.39 is 0 Å². The summed E-state index contributed by atoms with van der Waals surface area (Å²) in [5.41, 5.74) is 1.74. The molecule has 1 N–H and O–H groups in total. The molecule has 5 heteroatoms. The van der Waals surface area contributed by atoms with Crippen molar-refractivity contribution in [1.82, 2.24) is 19.6 Å². The third kappa shape index (κ3) is 1.30. The fourth-order valence-corrected chi connectivity index (χ4v) is 1.41. The second-order valence-electron chi connectivity index (χ2n) is 3.20. The zero-order chi connectivity index (χ0) is 10.1. The standard InChI is InChI=1S/C9H13N5/c1-4-10-8-9-13-12-7(3)14(9)5-6(2)11-8/h5H,4H2,1-3H3,(H,10,11). The number of fused-ring (bicyclic) bond motifs is 1. The molecule has 14 heavy (non-hydrogen) atoms. The van der Waals surface area contributed by atoms with Crippen molar-refractivity contribution in [1.29, 1.82) is 0 Å². The minimum atomic E-state index is 0.787. The Hall–Kier alpha value is -1.65. The van der Waals surface area contributed by atoms with Gasteiger partial charge in [0.1, 0.15) is 5.82 Å². The molecule has 0 amide bonds. The van der Waals surface area contributed by atoms with Crippen LogP contribution in [-0.4, -0.2) is 26.1 Å². The molecule has 0 aliphatic heterocycles. The summed E-state index contributed by atoms with van der Waals surface area (Å²) in [6.45, 7) is 6.75. The highest BCUT2D eigenvalue weighted by Crippen LogP contribution is 2.13. The van der Waals surface area contributed by atoms with Crippen LogP contribution in [0.3, 0.4) is 0 Å². The number of hydrogen-bond donors (Lipinski definition) is 1. The van der Waals surface area contributed by atoms with Crippen LogP contribution in [0.2, 0.25) is 0 Å². The van der Waals surface area contributed by atoms with Crippen LogP contribution in [0.25, 0.3) is 5.65 Å². The first-order valence-electron chi connectivity index (χ1n) is 4.65. The van der Waals surface area contributed by atoms with Crippen LogP contribution < -0.4 is 5.32 Å². The molecule has 0 aromatic carbocycles. The molecule has 2 heterocycles. The average Bonchev–Trinajstić information content (AvgIpc) is 2.49. The topological polar surface area (TPSA) is 55.1 Å². The zero-order valence-electron chi connectivity index (χ0n) is 8.57. The molecule has 2 aromatic rings. The molecule has 74 valence electrons. The average molecular weight is 191 g/mol. The third-order valence-corrected chi connectivity index (χ3v) is 2.03. The molecule has 0 aliphatic carbocycles. The number of nitrogens with one attached hydrogen (secondary N) is 1. The van der Waals surface area contributed by atoms with Crippen molar-refractivity contribution in [3.63, 3.8) is 0 Å². The summed E-state index contributed by atoms with van der Waals surface area (Å²) in [5, 5.41) is 11.2. The van der Waals surface area contributed by atoms with E-state index in [4.69, 9.17) is 0 Å². The van der Waals surface area contributed by atoms with Crippen molar-refractivity contribution >= 4 is 11.5 Å². The maximum Gasteiger partial charge on any atom is 0.203 e. The molecule has 0 bridgehead atoms. The Morgan fingerprint density at radius 1 is 1.36 bits per heavy atom. The monoisotopic (exact) mass is 191 g/mol. The minimum absolute atomic E-state index is 0.787. The van der Waals surface area contributed by atoms with Crippen LogP contribution in [0.4, 0.5) is 5.82 Å². The SMILES string of the molecule is CCNc1nc(C)cn2c(C)nnc12. The summed E-state index contributed by atoms with van der Waals surface area (Å²) < 4.78 is 1.94. The van der Waals surface area contributed by atoms with E-state index in [0.29, 0.717) is 0 Å². The molecular formula is C9H13N5. The van der Waals surface area contributed by atoms with Gasteiger partial charge < -0.3 is 5.32 Å². The van der Waals surface area contributed by atoms with Gasteiger partial charge in [-0.2, -0.15) is 0 Å². The fraction of sp³-hybridized carbons (Fsp3) is 0.444. The Labute approximate surface area is 82.2 Å². The van der Waals surface area contributed by atoms with Crippen LogP contribution in [-0.2, 0) is 0 Å². The van der Waals surface area contributed by atoms with E-state index in [-0.39, 0.29) is 0 Å². The highest BCUT2D eigenvalue weighted by Gasteiger charge is 2.07. The lowest BCUT2D eigenvalue weighted by molar-refractivity contribution is 0.987. The van der Waals surface area contributed by atoms with Crippen LogP contribution in [0.1, 0.15) is 18.4 Å². The molecule has 0 spiro atoms. The molecule has 0 unspecified atom stereocenters. The first-order valence-corrected chi connectivity index (χ1v) is 4.65. The highest BCUT2D eigenvalue weighted by atomic mass is 15.3. The van der Waals surface area contributed by atoms with Gasteiger partial charge in [-0.05, 0) is 20.8 Å². The van der Waals surface area contributed by atoms with Gasteiger partial charge in [-0.25, -0.2) is 4.98 Å². The lowest BCUT2D eigenvalue weighted by atomic mass is 10.4. The second kappa shape index (κ2) is 3.25. The molecular weight excluding hydrogens is 178 g/mol. The van der Waals surface area contributed by atoms with Crippen molar-refractivity contribution in [2.45, 2.75) is 20.8 Å². The maximum atomic E-state index is 4.37. The van der Waals surface area contributed by atoms with Crippen molar-refractivity contribution in [3.05, 3.63) is 17.7 Å². The van der Waals surface area contributed by atoms with Gasteiger partial charge in [0.05, 0.1) is 5.69 Å². The van der Waals surface area contributed by atoms with E-state index >= 15 is 0 Å². The predicted octanol–water partition coefficient (Wildman–Crippen LogP) is 1.17. The van der Waals surface area contributed by atoms with E-state index in [9.17, 15) is 0 Å². The highest BCUT2D eigenvalue weighted by molar-refractivity contribution is 5.62. The third-order valence-electron chi connectivity index (χ3n) is 2.03. The first kappa shape index (κ1) is 8.93. The quantitative estimate of drug-likeness (QED) is 0.774. The molecule has 2 aromatic heterocycles. The van der Waals surface area contributed by atoms with Crippen molar-refractivity contribution in [2.24, 2.45) is 0 Å². The van der Waals surface area contributed by atoms with Crippen molar-refractivity contribution < 1.29 is 0 Å². The summed E-state index contributed by atoms with van der Waals surface area (Å²) in [4.78, 5) is 4.37. The van der Waals surface area contributed by atoms with E-state index in [1.807, 2.05) is 31.4 Å². The fourth-order valence-electron chi connectivity index (χ4n) is 1.41. The van der Waals surface area contributed by atoms with Gasteiger partial charge in [-0.1, -0.05) is 0 Å². The van der Waals surface area contributed by atoms with E-state index in [1.54, 1.807) is 0 Å². The molecule has 0 radical (unpaired) electrons. The van der Waals surface area contributed by atoms with Gasteiger partial charge in [0.25, 0.3) is 0 Å². The van der Waals surface area contributed by atoms with Crippen LogP contribution >= 0.6 is 0 Å². The minimum Gasteiger partial charge on any atom is -0.367 e. The van der Waals surface area contributed by atoms with E-state index in [0.717, 1.165) is 29.5 Å². The number of aromatic nitrogens is 4. The second-order valence-corrected chi connectivity index (χ2v) is 3.20. The largest absolute Gasteiger partial charge is 0.367 e. The molecule has 0 atom stereocenters. The van der Waals surface area contributed by atoms with Gasteiger partial charge in [0, 0.05) is 12.7 Å². The summed E-state index contributed by atoms with van der Waals surface area (Å²) in [6.07, 6.45) is 1.94. The lowest BCUT2D eigenvalue weighted by Gasteiger charge is -2.05. The Bertz CT molecular complexity index is 459. The van der Waals surface area contributed by atoms with Gasteiger partial charge in [0.15, 0.2) is 5.82 Å². The normalized spacial score (nSPS) is 10.8. The molecule has 0 saturated heterocycles. The van der Waals surface area contributed by atoms with Crippen LogP contribution in [0, 0.1) is 13.8 Å². The molecule has 0 saturated carbocycles. The number of nitrogens with zero attached hydrogens (tertiary/aromatic N) is 4. The van der Waals surface area contributed by atoms with Crippen molar-refractivity contribution in [2.75, 3.05) is 11.9 Å². The Kier molecular flexibility index (Phi) is 2.07. The Morgan fingerprint density at radius 3 is 2.86 bits per heavy atom. The van der Waals surface area contributed by atoms with Gasteiger partial charge in [-0.3, -0.25) is 4.40 Å². The van der Waals surface area contributed by atoms with Gasteiger partial charge in [-0.15, -0.1) is 10.2 Å².